The molecule has 0 radical (unpaired) electrons. The van der Waals surface area contributed by atoms with Crippen LogP contribution in [0, 0.1) is 0 Å². The topological polar surface area (TPSA) is 293 Å². The van der Waals surface area contributed by atoms with Gasteiger partial charge in [0.25, 0.3) is 10.1 Å². The lowest BCUT2D eigenvalue weighted by Crippen LogP contribution is -2.56. The second kappa shape index (κ2) is 37.8. The zero-order valence-electron chi connectivity index (χ0n) is 43.1. The van der Waals surface area contributed by atoms with Crippen LogP contribution >= 0.6 is 11.8 Å². The average molecular weight is 1090 g/mol. The summed E-state index contributed by atoms with van der Waals surface area (Å²) < 4.78 is 93.5. The highest BCUT2D eigenvalue weighted by Gasteiger charge is 2.32. The summed E-state index contributed by atoms with van der Waals surface area (Å²) in [5.41, 5.74) is 9.33. The fourth-order valence-corrected chi connectivity index (χ4v) is 8.17. The summed E-state index contributed by atoms with van der Waals surface area (Å²) in [5, 5.41) is 3.44. The van der Waals surface area contributed by atoms with Gasteiger partial charge in [0.1, 0.15) is 34.5 Å². The number of nitrogens with one attached hydrogen (secondary N) is 2. The van der Waals surface area contributed by atoms with Crippen molar-refractivity contribution in [2.24, 2.45) is 0 Å². The van der Waals surface area contributed by atoms with E-state index < -0.39 is 33.7 Å². The van der Waals surface area contributed by atoms with Gasteiger partial charge < -0.3 is 77.9 Å². The van der Waals surface area contributed by atoms with Crippen molar-refractivity contribution in [3.05, 3.63) is 24.0 Å². The number of benzene rings is 1. The molecule has 4 rings (SSSR count). The highest BCUT2D eigenvalue weighted by Crippen LogP contribution is 2.30. The van der Waals surface area contributed by atoms with Crippen molar-refractivity contribution in [1.29, 1.82) is 0 Å². The van der Waals surface area contributed by atoms with E-state index in [2.05, 4.69) is 27.1 Å². The molecule has 0 bridgehead atoms. The molecule has 26 heteroatoms. The summed E-state index contributed by atoms with van der Waals surface area (Å²) in [7, 11) is -4.60. The van der Waals surface area contributed by atoms with E-state index in [1.807, 2.05) is 18.2 Å². The number of hydrogen-bond acceptors (Lipinski definition) is 21. The van der Waals surface area contributed by atoms with E-state index in [0.29, 0.717) is 156 Å². The van der Waals surface area contributed by atoms with E-state index in [1.165, 1.54) is 16.7 Å². The smallest absolute Gasteiger partial charge is 0.267 e. The van der Waals surface area contributed by atoms with Gasteiger partial charge in [-0.2, -0.15) is 8.42 Å². The molecule has 1 saturated heterocycles. The van der Waals surface area contributed by atoms with E-state index in [4.69, 9.17) is 62.8 Å². The molecule has 1 atom stereocenters. The zero-order valence-corrected chi connectivity index (χ0v) is 44.7. The third-order valence-electron chi connectivity index (χ3n) is 11.1. The van der Waals surface area contributed by atoms with Crippen LogP contribution in [0.1, 0.15) is 38.4 Å². The molecule has 1 aliphatic rings. The number of carbonyl (C=O) groups excluding carboxylic acids is 3. The van der Waals surface area contributed by atoms with Gasteiger partial charge in [0.15, 0.2) is 5.12 Å². The molecular weight excluding hydrogens is 1010 g/mol. The number of nitrogen functional groups attached to an aromatic ring is 1. The molecule has 1 unspecified atom stereocenters. The summed E-state index contributed by atoms with van der Waals surface area (Å²) in [6.07, 6.45) is 4.87. The van der Waals surface area contributed by atoms with Crippen LogP contribution in [0.4, 0.5) is 11.5 Å². The van der Waals surface area contributed by atoms with E-state index >= 15 is 0 Å². The number of nitrogens with two attached hydrogens (primary N) is 1. The Kier molecular flexibility index (Phi) is 32.0. The van der Waals surface area contributed by atoms with Crippen LogP contribution in [0.5, 0.6) is 0 Å². The Bertz CT molecular complexity index is 2150. The van der Waals surface area contributed by atoms with Crippen molar-refractivity contribution in [3.63, 3.8) is 0 Å². The molecular formula is C48H79N7O17S2. The first-order valence-electron chi connectivity index (χ1n) is 25.3. The number of ether oxygens (including phenoxy) is 11. The lowest BCUT2D eigenvalue weighted by molar-refractivity contribution is -0.136. The highest BCUT2D eigenvalue weighted by atomic mass is 32.2. The van der Waals surface area contributed by atoms with Crippen molar-refractivity contribution < 1.29 is 79.5 Å². The third-order valence-corrected chi connectivity index (χ3v) is 12.5. The Morgan fingerprint density at radius 1 is 0.689 bits per heavy atom. The molecule has 2 aromatic heterocycles. The maximum Gasteiger partial charge on any atom is 0.267 e. The van der Waals surface area contributed by atoms with Crippen LogP contribution in [0.25, 0.3) is 21.9 Å². The van der Waals surface area contributed by atoms with Crippen LogP contribution in [0.2, 0.25) is 0 Å². The number of aryl methyl sites for hydroxylation is 1. The van der Waals surface area contributed by atoms with Crippen molar-refractivity contribution in [1.82, 2.24) is 25.2 Å². The number of H-pyrrole nitrogens is 1. The molecule has 420 valence electrons. The number of aromatic amines is 1. The largest absolute Gasteiger partial charge is 0.382 e. The van der Waals surface area contributed by atoms with Crippen molar-refractivity contribution >= 4 is 72.3 Å². The lowest BCUT2D eigenvalue weighted by Gasteiger charge is -2.37. The maximum atomic E-state index is 13.5. The number of nitrogens with zero attached hydrogens (tertiary/aromatic N) is 4. The number of fused-ring (bicyclic) bond motifs is 3. The number of unbranched alkanes of at least 4 members (excludes halogenated alkanes) is 1. The van der Waals surface area contributed by atoms with Crippen molar-refractivity contribution in [3.8, 4) is 0 Å². The normalized spacial score (nSPS) is 13.6. The predicted molar refractivity (Wildman–Crippen MR) is 278 cm³/mol. The molecule has 5 N–H and O–H groups in total. The molecule has 0 spiro atoms. The minimum atomic E-state index is -4.60. The van der Waals surface area contributed by atoms with E-state index in [1.54, 1.807) is 6.26 Å². The first-order valence-corrected chi connectivity index (χ1v) is 28.1. The summed E-state index contributed by atoms with van der Waals surface area (Å²) in [4.78, 5) is 53.7. The molecule has 74 heavy (non-hydrogen) atoms. The number of rotatable bonds is 44. The molecule has 1 aromatic carbocycles. The lowest BCUT2D eigenvalue weighted by atomic mass is 10.1. The van der Waals surface area contributed by atoms with Gasteiger partial charge in [-0.1, -0.05) is 25.1 Å². The summed E-state index contributed by atoms with van der Waals surface area (Å²) in [5.74, 6) is -0.906. The van der Waals surface area contributed by atoms with Crippen molar-refractivity contribution in [2.75, 3.05) is 194 Å². The predicted octanol–water partition coefficient (Wildman–Crippen LogP) is 1.91. The van der Waals surface area contributed by atoms with Crippen LogP contribution < -0.4 is 16.0 Å². The molecule has 24 nitrogen and oxygen atoms in total. The average Bonchev–Trinajstić information content (AvgIpc) is 3.83. The van der Waals surface area contributed by atoms with Gasteiger partial charge in [0.05, 0.1) is 151 Å². The molecule has 2 amide bonds. The summed E-state index contributed by atoms with van der Waals surface area (Å²) in [6.45, 7) is 12.3. The number of pyridine rings is 1. The highest BCUT2D eigenvalue weighted by molar-refractivity contribution is 8.13. The van der Waals surface area contributed by atoms with Gasteiger partial charge >= 0.3 is 0 Å². The number of carbonyl (C=O) groups is 3. The zero-order chi connectivity index (χ0) is 53.1. The third kappa shape index (κ3) is 26.3. The standard InChI is InChI=1S/C48H79N7O17S2/c1-3-4-5-42-52-45-39-36-38(6-7-40(39)51-47(49)46(45)53-42)54-10-12-55(13-11-54)48(58)41(37-74(59,60)61)50-43(56)8-14-62-16-18-64-20-22-66-24-26-68-28-30-70-32-34-72-35-33-71-31-29-69-27-25-67-23-21-65-19-17-63-15-9-44(57)73-2/h6-7,36,41H,3-5,8-35,37H2,1-2H3,(H2,49,51)(H,50,56)(H,52,53)(H,59,60,61). The first-order chi connectivity index (χ1) is 36.0. The number of hydrogen-bond donors (Lipinski definition) is 4. The number of thioether (sulfide) groups is 1. The van der Waals surface area contributed by atoms with Crippen molar-refractivity contribution in [2.45, 2.75) is 45.1 Å². The molecule has 3 aromatic rings. The Morgan fingerprint density at radius 2 is 1.14 bits per heavy atom. The van der Waals surface area contributed by atoms with Gasteiger partial charge in [-0.3, -0.25) is 18.9 Å². The van der Waals surface area contributed by atoms with Gasteiger partial charge in [-0.05, 0) is 30.9 Å². The number of anilines is 2. The van der Waals surface area contributed by atoms with Gasteiger partial charge in [-0.15, -0.1) is 0 Å². The minimum Gasteiger partial charge on any atom is -0.382 e. The Labute approximate surface area is 438 Å². The quantitative estimate of drug-likeness (QED) is 0.0465. The second-order valence-electron chi connectivity index (χ2n) is 16.7. The molecule has 0 aliphatic carbocycles. The van der Waals surface area contributed by atoms with Crippen LogP contribution in [0.15, 0.2) is 18.2 Å². The summed E-state index contributed by atoms with van der Waals surface area (Å²) in [6, 6.07) is 4.37. The first kappa shape index (κ1) is 62.7. The summed E-state index contributed by atoms with van der Waals surface area (Å²) >= 11 is 1.21. The van der Waals surface area contributed by atoms with E-state index in [9.17, 15) is 27.4 Å². The van der Waals surface area contributed by atoms with E-state index in [0.717, 1.165) is 47.2 Å². The van der Waals surface area contributed by atoms with Crippen LogP contribution in [-0.2, 0) is 83.0 Å². The van der Waals surface area contributed by atoms with E-state index in [-0.39, 0.29) is 44.4 Å². The number of amides is 2. The molecule has 1 fully saturated rings. The Hall–Kier alpha value is -3.87. The maximum absolute atomic E-state index is 13.5. The second-order valence-corrected chi connectivity index (χ2v) is 19.1. The molecule has 3 heterocycles. The fraction of sp³-hybridized carbons (Fsp3) is 0.729. The fourth-order valence-electron chi connectivity index (χ4n) is 7.24. The van der Waals surface area contributed by atoms with Gasteiger partial charge in [0, 0.05) is 56.5 Å². The van der Waals surface area contributed by atoms with Crippen LogP contribution in [0.3, 0.4) is 0 Å². The molecule has 0 saturated carbocycles. The number of aromatic nitrogens is 3. The monoisotopic (exact) mass is 1090 g/mol. The van der Waals surface area contributed by atoms with Crippen LogP contribution in [-0.4, -0.2) is 239 Å². The SMILES string of the molecule is CCCCc1nc2c([nH]1)c(N)nc1ccc(N3CCN(C(=O)C(CS(=O)(=O)O)NC(=O)CCOCCOCCOCCOCCOCCOCCOCCOCCOCCOCCOCCC(=O)SC)CC3)cc12. The minimum absolute atomic E-state index is 0.0104. The number of imidazole rings is 1. The molecule has 1 aliphatic heterocycles. The number of piperazine rings is 1. The Balaban J connectivity index is 0.913. The van der Waals surface area contributed by atoms with Gasteiger partial charge in [0.2, 0.25) is 11.8 Å². The van der Waals surface area contributed by atoms with Gasteiger partial charge in [-0.25, -0.2) is 9.97 Å². The Morgan fingerprint density at radius 3 is 1.57 bits per heavy atom.